The first-order chi connectivity index (χ1) is 13.6. The molecule has 1 amide bonds. The number of nitrogens with two attached hydrogens (primary N) is 2. The van der Waals surface area contributed by atoms with E-state index in [0.717, 1.165) is 31.4 Å². The Morgan fingerprint density at radius 3 is 2.68 bits per heavy atom. The lowest BCUT2D eigenvalue weighted by Crippen LogP contribution is -2.58. The van der Waals surface area contributed by atoms with Crippen LogP contribution in [0.2, 0.25) is 0 Å². The van der Waals surface area contributed by atoms with Crippen molar-refractivity contribution in [1.29, 1.82) is 0 Å². The SMILES string of the molecule is NC1=NC2(CCCCC2)N(c2cccc(NC(=O)c3cccnc3)c2)C(N)=N1. The average molecular weight is 377 g/mol. The molecule has 1 saturated carbocycles. The summed E-state index contributed by atoms with van der Waals surface area (Å²) in [5, 5.41) is 2.91. The standard InChI is InChI=1S/C20H23N7O/c21-18-25-19(22)27(20(26-18)9-2-1-3-10-20)16-8-4-7-15(12-16)24-17(28)14-6-5-11-23-13-14/h4-8,11-13H,1-3,9-10H2,(H,24,28)(H4,21,22,25,26). The Labute approximate surface area is 163 Å². The molecule has 2 aliphatic rings. The maximum Gasteiger partial charge on any atom is 0.257 e. The molecule has 8 heteroatoms. The Hall–Kier alpha value is -3.42. The number of carbonyl (C=O) groups is 1. The van der Waals surface area contributed by atoms with Crippen molar-refractivity contribution >= 4 is 29.2 Å². The number of rotatable bonds is 3. The molecular formula is C20H23N7O. The second-order valence-corrected chi connectivity index (χ2v) is 7.06. The van der Waals surface area contributed by atoms with Gasteiger partial charge < -0.3 is 16.8 Å². The fourth-order valence-electron chi connectivity index (χ4n) is 3.92. The molecule has 0 unspecified atom stereocenters. The van der Waals surface area contributed by atoms with Crippen molar-refractivity contribution in [2.75, 3.05) is 10.2 Å². The Balaban J connectivity index is 1.64. The number of guanidine groups is 2. The number of amides is 1. The summed E-state index contributed by atoms with van der Waals surface area (Å²) in [4.78, 5) is 27.2. The van der Waals surface area contributed by atoms with Crippen LogP contribution in [-0.4, -0.2) is 28.5 Å². The predicted octanol–water partition coefficient (Wildman–Crippen LogP) is 2.44. The van der Waals surface area contributed by atoms with Gasteiger partial charge in [0.2, 0.25) is 11.9 Å². The summed E-state index contributed by atoms with van der Waals surface area (Å²) in [5.74, 6) is 0.321. The van der Waals surface area contributed by atoms with Crippen molar-refractivity contribution < 1.29 is 4.79 Å². The van der Waals surface area contributed by atoms with Gasteiger partial charge in [0.25, 0.3) is 5.91 Å². The molecule has 1 spiro atoms. The van der Waals surface area contributed by atoms with Crippen LogP contribution in [0.25, 0.3) is 0 Å². The second kappa shape index (κ2) is 7.30. The minimum absolute atomic E-state index is 0.219. The van der Waals surface area contributed by atoms with Gasteiger partial charge in [-0.05, 0) is 56.0 Å². The van der Waals surface area contributed by atoms with Gasteiger partial charge in [-0.1, -0.05) is 12.5 Å². The van der Waals surface area contributed by atoms with Crippen LogP contribution in [0.1, 0.15) is 42.5 Å². The molecule has 1 aromatic carbocycles. The average Bonchev–Trinajstić information content (AvgIpc) is 2.69. The van der Waals surface area contributed by atoms with Crippen LogP contribution in [0.3, 0.4) is 0 Å². The van der Waals surface area contributed by atoms with E-state index in [2.05, 4.69) is 20.3 Å². The van der Waals surface area contributed by atoms with Crippen LogP contribution >= 0.6 is 0 Å². The molecule has 0 atom stereocenters. The number of hydrogen-bond donors (Lipinski definition) is 3. The maximum atomic E-state index is 12.5. The van der Waals surface area contributed by atoms with Crippen molar-refractivity contribution in [3.05, 3.63) is 54.4 Å². The number of hydrogen-bond acceptors (Lipinski definition) is 7. The van der Waals surface area contributed by atoms with Crippen molar-refractivity contribution in [2.24, 2.45) is 21.5 Å². The van der Waals surface area contributed by atoms with Gasteiger partial charge in [-0.3, -0.25) is 14.7 Å². The third kappa shape index (κ3) is 3.40. The topological polar surface area (TPSA) is 122 Å². The van der Waals surface area contributed by atoms with Crippen LogP contribution in [0.4, 0.5) is 11.4 Å². The lowest BCUT2D eigenvalue weighted by atomic mass is 9.87. The van der Waals surface area contributed by atoms with Gasteiger partial charge in [0.1, 0.15) is 5.66 Å². The number of anilines is 2. The summed E-state index contributed by atoms with van der Waals surface area (Å²) in [7, 11) is 0. The lowest BCUT2D eigenvalue weighted by molar-refractivity contribution is 0.102. The van der Waals surface area contributed by atoms with Crippen LogP contribution < -0.4 is 21.7 Å². The Bertz CT molecular complexity index is 933. The first-order valence-corrected chi connectivity index (χ1v) is 9.39. The molecule has 28 heavy (non-hydrogen) atoms. The third-order valence-corrected chi connectivity index (χ3v) is 5.14. The fraction of sp³-hybridized carbons (Fsp3) is 0.300. The van der Waals surface area contributed by atoms with E-state index in [4.69, 9.17) is 11.5 Å². The summed E-state index contributed by atoms with van der Waals surface area (Å²) in [6.45, 7) is 0. The van der Waals surface area contributed by atoms with Gasteiger partial charge in [0.15, 0.2) is 0 Å². The first kappa shape index (κ1) is 18.0. The van der Waals surface area contributed by atoms with Gasteiger partial charge in [-0.15, -0.1) is 0 Å². The highest BCUT2D eigenvalue weighted by molar-refractivity contribution is 6.07. The molecule has 4 rings (SSSR count). The molecule has 0 radical (unpaired) electrons. The smallest absolute Gasteiger partial charge is 0.257 e. The van der Waals surface area contributed by atoms with E-state index in [0.29, 0.717) is 17.2 Å². The van der Waals surface area contributed by atoms with Crippen LogP contribution in [0.15, 0.2) is 58.8 Å². The number of benzene rings is 1. The summed E-state index contributed by atoms with van der Waals surface area (Å²) in [5.41, 5.74) is 13.7. The summed E-state index contributed by atoms with van der Waals surface area (Å²) in [6.07, 6.45) is 8.15. The van der Waals surface area contributed by atoms with Gasteiger partial charge in [0, 0.05) is 23.8 Å². The minimum Gasteiger partial charge on any atom is -0.369 e. The molecule has 1 aliphatic carbocycles. The molecule has 0 saturated heterocycles. The molecule has 1 fully saturated rings. The lowest BCUT2D eigenvalue weighted by Gasteiger charge is -2.45. The third-order valence-electron chi connectivity index (χ3n) is 5.14. The number of carbonyl (C=O) groups excluding carboxylic acids is 1. The molecule has 5 N–H and O–H groups in total. The molecule has 8 nitrogen and oxygen atoms in total. The predicted molar refractivity (Wildman–Crippen MR) is 110 cm³/mol. The van der Waals surface area contributed by atoms with Crippen molar-refractivity contribution in [1.82, 2.24) is 4.98 Å². The quantitative estimate of drug-likeness (QED) is 0.758. The zero-order valence-corrected chi connectivity index (χ0v) is 15.5. The second-order valence-electron chi connectivity index (χ2n) is 7.06. The van der Waals surface area contributed by atoms with E-state index in [9.17, 15) is 4.79 Å². The van der Waals surface area contributed by atoms with Crippen molar-refractivity contribution in [3.63, 3.8) is 0 Å². The molecule has 1 aromatic heterocycles. The number of nitrogens with zero attached hydrogens (tertiary/aromatic N) is 4. The number of aromatic nitrogens is 1. The summed E-state index contributed by atoms with van der Waals surface area (Å²) < 4.78 is 0. The molecule has 2 heterocycles. The van der Waals surface area contributed by atoms with Crippen molar-refractivity contribution in [3.8, 4) is 0 Å². The monoisotopic (exact) mass is 377 g/mol. The van der Waals surface area contributed by atoms with Crippen LogP contribution in [0, 0.1) is 0 Å². The fourth-order valence-corrected chi connectivity index (χ4v) is 3.92. The zero-order chi connectivity index (χ0) is 19.6. The van der Waals surface area contributed by atoms with E-state index in [-0.39, 0.29) is 11.9 Å². The van der Waals surface area contributed by atoms with E-state index >= 15 is 0 Å². The van der Waals surface area contributed by atoms with Crippen LogP contribution in [0.5, 0.6) is 0 Å². The Morgan fingerprint density at radius 1 is 1.11 bits per heavy atom. The summed E-state index contributed by atoms with van der Waals surface area (Å²) >= 11 is 0. The molecule has 0 bridgehead atoms. The Morgan fingerprint density at radius 2 is 1.93 bits per heavy atom. The highest BCUT2D eigenvalue weighted by atomic mass is 16.1. The van der Waals surface area contributed by atoms with Gasteiger partial charge >= 0.3 is 0 Å². The van der Waals surface area contributed by atoms with Gasteiger partial charge in [-0.25, -0.2) is 4.99 Å². The van der Waals surface area contributed by atoms with E-state index < -0.39 is 5.66 Å². The van der Waals surface area contributed by atoms with Crippen molar-refractivity contribution in [2.45, 2.75) is 37.8 Å². The number of nitrogens with one attached hydrogen (secondary N) is 1. The van der Waals surface area contributed by atoms with E-state index in [1.165, 1.54) is 12.6 Å². The van der Waals surface area contributed by atoms with Gasteiger partial charge in [0.05, 0.1) is 5.56 Å². The first-order valence-electron chi connectivity index (χ1n) is 9.39. The minimum atomic E-state index is -0.514. The van der Waals surface area contributed by atoms with E-state index in [1.54, 1.807) is 18.3 Å². The molecule has 2 aromatic rings. The molecular weight excluding hydrogens is 354 g/mol. The zero-order valence-electron chi connectivity index (χ0n) is 15.5. The highest BCUT2D eigenvalue weighted by Crippen LogP contribution is 2.39. The molecule has 1 aliphatic heterocycles. The number of aliphatic imine (C=N–C) groups is 2. The summed E-state index contributed by atoms with van der Waals surface area (Å²) in [6, 6.07) is 11.0. The number of pyridine rings is 1. The van der Waals surface area contributed by atoms with E-state index in [1.807, 2.05) is 29.2 Å². The largest absolute Gasteiger partial charge is 0.369 e. The highest BCUT2D eigenvalue weighted by Gasteiger charge is 2.42. The normalized spacial score (nSPS) is 18.4. The van der Waals surface area contributed by atoms with Gasteiger partial charge in [-0.2, -0.15) is 4.99 Å². The maximum absolute atomic E-state index is 12.5. The Kier molecular flexibility index (Phi) is 4.68. The van der Waals surface area contributed by atoms with Crippen LogP contribution in [-0.2, 0) is 0 Å². The molecule has 144 valence electrons.